The van der Waals surface area contributed by atoms with Gasteiger partial charge in [0.15, 0.2) is 0 Å². The Balaban J connectivity index is 1.94. The number of nitrogens with zero attached hydrogens (tertiary/aromatic N) is 1. The van der Waals surface area contributed by atoms with E-state index in [-0.39, 0.29) is 0 Å². The van der Waals surface area contributed by atoms with Gasteiger partial charge in [-0.1, -0.05) is 19.1 Å². The smallest absolute Gasteiger partial charge is 0.115 e. The maximum absolute atomic E-state index is 9.30. The molecule has 0 aliphatic heterocycles. The van der Waals surface area contributed by atoms with E-state index in [9.17, 15) is 5.11 Å². The van der Waals surface area contributed by atoms with Crippen molar-refractivity contribution in [1.29, 1.82) is 0 Å². The number of aromatic hydroxyl groups is 1. The van der Waals surface area contributed by atoms with Gasteiger partial charge in [0.05, 0.1) is 0 Å². The Kier molecular flexibility index (Phi) is 4.61. The van der Waals surface area contributed by atoms with E-state index in [0.717, 1.165) is 25.9 Å². The molecule has 1 aliphatic carbocycles. The summed E-state index contributed by atoms with van der Waals surface area (Å²) in [4.78, 5) is 2.53. The van der Waals surface area contributed by atoms with Gasteiger partial charge in [-0.05, 0) is 49.9 Å². The number of hydrogen-bond acceptors (Lipinski definition) is 3. The zero-order valence-corrected chi connectivity index (χ0v) is 11.2. The fourth-order valence-corrected chi connectivity index (χ4v) is 2.80. The normalized spacial score (nSPS) is 24.4. The molecule has 3 nitrogen and oxygen atoms in total. The predicted octanol–water partition coefficient (Wildman–Crippen LogP) is 2.48. The van der Waals surface area contributed by atoms with Crippen molar-refractivity contribution >= 4 is 0 Å². The lowest BCUT2D eigenvalue weighted by Gasteiger charge is -2.35. The zero-order chi connectivity index (χ0) is 13.0. The van der Waals surface area contributed by atoms with Crippen molar-refractivity contribution < 1.29 is 5.11 Å². The highest BCUT2D eigenvalue weighted by Gasteiger charge is 2.23. The summed E-state index contributed by atoms with van der Waals surface area (Å²) in [6.07, 6.45) is 4.73. The van der Waals surface area contributed by atoms with Crippen LogP contribution in [-0.4, -0.2) is 28.6 Å². The summed E-state index contributed by atoms with van der Waals surface area (Å²) in [7, 11) is 0. The van der Waals surface area contributed by atoms with Crippen LogP contribution in [0.3, 0.4) is 0 Å². The molecule has 1 aromatic rings. The molecular formula is C15H24N2O. The SMILES string of the molecule is CCN(Cc1ccc(O)cc1)C1CCC(N)CC1. The molecule has 0 heterocycles. The molecule has 0 aromatic heterocycles. The van der Waals surface area contributed by atoms with E-state index in [4.69, 9.17) is 5.73 Å². The van der Waals surface area contributed by atoms with Crippen LogP contribution in [0.4, 0.5) is 0 Å². The minimum Gasteiger partial charge on any atom is -0.508 e. The zero-order valence-electron chi connectivity index (χ0n) is 11.2. The fraction of sp³-hybridized carbons (Fsp3) is 0.600. The van der Waals surface area contributed by atoms with Crippen molar-refractivity contribution in [3.05, 3.63) is 29.8 Å². The van der Waals surface area contributed by atoms with Crippen molar-refractivity contribution in [3.8, 4) is 5.75 Å². The van der Waals surface area contributed by atoms with Crippen LogP contribution in [0, 0.1) is 0 Å². The Morgan fingerprint density at radius 3 is 2.33 bits per heavy atom. The highest BCUT2D eigenvalue weighted by atomic mass is 16.3. The highest BCUT2D eigenvalue weighted by molar-refractivity contribution is 5.25. The number of nitrogens with two attached hydrogens (primary N) is 1. The van der Waals surface area contributed by atoms with Crippen LogP contribution in [0.1, 0.15) is 38.2 Å². The summed E-state index contributed by atoms with van der Waals surface area (Å²) in [6.45, 7) is 4.26. The van der Waals surface area contributed by atoms with Crippen LogP contribution >= 0.6 is 0 Å². The van der Waals surface area contributed by atoms with Crippen molar-refractivity contribution in [2.45, 2.75) is 51.2 Å². The number of phenols is 1. The summed E-state index contributed by atoms with van der Waals surface area (Å²) in [5.41, 5.74) is 7.23. The molecule has 1 fully saturated rings. The summed E-state index contributed by atoms with van der Waals surface area (Å²) in [5.74, 6) is 0.338. The third-order valence-electron chi connectivity index (χ3n) is 3.99. The van der Waals surface area contributed by atoms with Crippen LogP contribution in [0.15, 0.2) is 24.3 Å². The molecule has 0 spiro atoms. The topological polar surface area (TPSA) is 49.5 Å². The second kappa shape index (κ2) is 6.21. The maximum atomic E-state index is 9.30. The molecule has 18 heavy (non-hydrogen) atoms. The van der Waals surface area contributed by atoms with Crippen molar-refractivity contribution in [2.75, 3.05) is 6.54 Å². The molecule has 1 saturated carbocycles. The van der Waals surface area contributed by atoms with Gasteiger partial charge in [-0.25, -0.2) is 0 Å². The lowest BCUT2D eigenvalue weighted by atomic mass is 9.90. The second-order valence-electron chi connectivity index (χ2n) is 5.30. The molecule has 0 unspecified atom stereocenters. The van der Waals surface area contributed by atoms with Crippen LogP contribution in [0.5, 0.6) is 5.75 Å². The summed E-state index contributed by atoms with van der Waals surface area (Å²) in [6, 6.07) is 8.62. The largest absolute Gasteiger partial charge is 0.508 e. The van der Waals surface area contributed by atoms with E-state index in [1.165, 1.54) is 18.4 Å². The molecule has 1 aliphatic rings. The van der Waals surface area contributed by atoms with Crippen LogP contribution in [0.25, 0.3) is 0 Å². The van der Waals surface area contributed by atoms with E-state index in [1.54, 1.807) is 12.1 Å². The minimum atomic E-state index is 0.338. The maximum Gasteiger partial charge on any atom is 0.115 e. The molecule has 0 atom stereocenters. The molecule has 0 bridgehead atoms. The fourth-order valence-electron chi connectivity index (χ4n) is 2.80. The average Bonchev–Trinajstić information content (AvgIpc) is 2.39. The van der Waals surface area contributed by atoms with Gasteiger partial charge in [-0.15, -0.1) is 0 Å². The highest BCUT2D eigenvalue weighted by Crippen LogP contribution is 2.23. The van der Waals surface area contributed by atoms with E-state index >= 15 is 0 Å². The Morgan fingerprint density at radius 1 is 1.17 bits per heavy atom. The Labute approximate surface area is 110 Å². The van der Waals surface area contributed by atoms with Crippen LogP contribution in [0.2, 0.25) is 0 Å². The van der Waals surface area contributed by atoms with Gasteiger partial charge in [-0.2, -0.15) is 0 Å². The van der Waals surface area contributed by atoms with Gasteiger partial charge in [0.25, 0.3) is 0 Å². The van der Waals surface area contributed by atoms with Crippen LogP contribution in [-0.2, 0) is 6.54 Å². The molecular weight excluding hydrogens is 224 g/mol. The molecule has 100 valence electrons. The Hall–Kier alpha value is -1.06. The molecule has 0 amide bonds. The van der Waals surface area contributed by atoms with E-state index in [1.807, 2.05) is 12.1 Å². The minimum absolute atomic E-state index is 0.338. The quantitative estimate of drug-likeness (QED) is 0.860. The van der Waals surface area contributed by atoms with Crippen molar-refractivity contribution in [2.24, 2.45) is 5.73 Å². The standard InChI is InChI=1S/C15H24N2O/c1-2-17(14-7-5-13(16)6-8-14)11-12-3-9-15(18)10-4-12/h3-4,9-10,13-14,18H,2,5-8,11,16H2,1H3. The van der Waals surface area contributed by atoms with Gasteiger partial charge in [0, 0.05) is 18.6 Å². The number of rotatable bonds is 4. The molecule has 3 N–H and O–H groups in total. The first-order chi connectivity index (χ1) is 8.69. The molecule has 0 radical (unpaired) electrons. The third kappa shape index (κ3) is 3.47. The van der Waals surface area contributed by atoms with Gasteiger partial charge in [-0.3, -0.25) is 4.90 Å². The van der Waals surface area contributed by atoms with Gasteiger partial charge in [0.2, 0.25) is 0 Å². The summed E-state index contributed by atoms with van der Waals surface area (Å²) in [5, 5.41) is 9.30. The van der Waals surface area contributed by atoms with E-state index < -0.39 is 0 Å². The van der Waals surface area contributed by atoms with Crippen molar-refractivity contribution in [1.82, 2.24) is 4.90 Å². The van der Waals surface area contributed by atoms with Crippen molar-refractivity contribution in [3.63, 3.8) is 0 Å². The number of hydrogen-bond donors (Lipinski definition) is 2. The number of phenolic OH excluding ortho intramolecular Hbond substituents is 1. The summed E-state index contributed by atoms with van der Waals surface area (Å²) >= 11 is 0. The first-order valence-corrected chi connectivity index (χ1v) is 6.96. The Morgan fingerprint density at radius 2 is 1.78 bits per heavy atom. The Bertz CT molecular complexity index is 355. The molecule has 2 rings (SSSR count). The summed E-state index contributed by atoms with van der Waals surface area (Å²) < 4.78 is 0. The van der Waals surface area contributed by atoms with Crippen LogP contribution < -0.4 is 5.73 Å². The number of benzene rings is 1. The van der Waals surface area contributed by atoms with Gasteiger partial charge in [0.1, 0.15) is 5.75 Å². The molecule has 0 saturated heterocycles. The first kappa shape index (κ1) is 13.4. The van der Waals surface area contributed by atoms with Gasteiger partial charge < -0.3 is 10.8 Å². The average molecular weight is 248 g/mol. The second-order valence-corrected chi connectivity index (χ2v) is 5.30. The van der Waals surface area contributed by atoms with E-state index in [0.29, 0.717) is 17.8 Å². The lowest BCUT2D eigenvalue weighted by molar-refractivity contribution is 0.149. The predicted molar refractivity (Wildman–Crippen MR) is 74.4 cm³/mol. The molecule has 3 heteroatoms. The third-order valence-corrected chi connectivity index (χ3v) is 3.99. The van der Waals surface area contributed by atoms with E-state index in [2.05, 4.69) is 11.8 Å². The molecule has 1 aromatic carbocycles. The monoisotopic (exact) mass is 248 g/mol. The van der Waals surface area contributed by atoms with Gasteiger partial charge >= 0.3 is 0 Å². The lowest BCUT2D eigenvalue weighted by Crippen LogP contribution is -2.40. The first-order valence-electron chi connectivity index (χ1n) is 6.96.